The summed E-state index contributed by atoms with van der Waals surface area (Å²) in [7, 11) is 3.18. The van der Waals surface area contributed by atoms with Gasteiger partial charge in [-0.3, -0.25) is 4.79 Å². The van der Waals surface area contributed by atoms with Crippen LogP contribution in [0, 0.1) is 6.07 Å². The van der Waals surface area contributed by atoms with Crippen LogP contribution < -0.4 is 14.8 Å². The number of ether oxygens (including phenoxy) is 2. The van der Waals surface area contributed by atoms with Gasteiger partial charge in [0.1, 0.15) is 0 Å². The standard InChI is InChI=1S/C16H14NO3/c1-19-14-6-4-11(8-15(14)20-2)10-3-5-13-12(7-10)9-17-16(13)18/h3-7H,9H2,1-2H3,(H,17,18). The van der Waals surface area contributed by atoms with Crippen LogP contribution in [-0.2, 0) is 6.54 Å². The maximum Gasteiger partial charge on any atom is 0.251 e. The van der Waals surface area contributed by atoms with Crippen molar-refractivity contribution in [1.29, 1.82) is 0 Å². The topological polar surface area (TPSA) is 47.6 Å². The molecule has 0 aliphatic carbocycles. The summed E-state index contributed by atoms with van der Waals surface area (Å²) in [6.45, 7) is 0.579. The molecule has 0 unspecified atom stereocenters. The Morgan fingerprint density at radius 1 is 1.15 bits per heavy atom. The highest BCUT2D eigenvalue weighted by atomic mass is 16.5. The Morgan fingerprint density at radius 2 is 2.00 bits per heavy atom. The summed E-state index contributed by atoms with van der Waals surface area (Å²) in [6, 6.07) is 12.7. The van der Waals surface area contributed by atoms with E-state index in [-0.39, 0.29) is 5.91 Å². The summed E-state index contributed by atoms with van der Waals surface area (Å²) in [5.41, 5.74) is 3.66. The van der Waals surface area contributed by atoms with Gasteiger partial charge in [0.15, 0.2) is 11.5 Å². The number of carbonyl (C=O) groups is 1. The first-order chi connectivity index (χ1) is 9.72. The maximum absolute atomic E-state index is 11.5. The number of fused-ring (bicyclic) bond motifs is 1. The molecule has 101 valence electrons. The third-order valence-corrected chi connectivity index (χ3v) is 3.40. The molecule has 4 heteroatoms. The minimum Gasteiger partial charge on any atom is -0.493 e. The second kappa shape index (κ2) is 4.89. The molecule has 0 saturated carbocycles. The van der Waals surface area contributed by atoms with Crippen molar-refractivity contribution in [2.24, 2.45) is 0 Å². The largest absolute Gasteiger partial charge is 0.493 e. The highest BCUT2D eigenvalue weighted by molar-refractivity contribution is 5.98. The first-order valence-electron chi connectivity index (χ1n) is 6.28. The molecule has 20 heavy (non-hydrogen) atoms. The Morgan fingerprint density at radius 3 is 2.75 bits per heavy atom. The van der Waals surface area contributed by atoms with E-state index in [1.54, 1.807) is 14.2 Å². The first-order valence-corrected chi connectivity index (χ1v) is 6.28. The van der Waals surface area contributed by atoms with Gasteiger partial charge in [-0.1, -0.05) is 6.07 Å². The Kier molecular flexibility index (Phi) is 3.06. The molecule has 1 N–H and O–H groups in total. The Bertz CT molecular complexity index is 679. The van der Waals surface area contributed by atoms with Gasteiger partial charge < -0.3 is 14.8 Å². The van der Waals surface area contributed by atoms with Crippen molar-refractivity contribution in [2.75, 3.05) is 14.2 Å². The zero-order valence-corrected chi connectivity index (χ0v) is 11.3. The van der Waals surface area contributed by atoms with Gasteiger partial charge in [-0.05, 0) is 41.0 Å². The average Bonchev–Trinajstić information content (AvgIpc) is 2.87. The number of hydrogen-bond donors (Lipinski definition) is 1. The van der Waals surface area contributed by atoms with Crippen LogP contribution in [0.25, 0.3) is 11.1 Å². The number of methoxy groups -OCH3 is 2. The van der Waals surface area contributed by atoms with Crippen LogP contribution in [0.15, 0.2) is 30.3 Å². The van der Waals surface area contributed by atoms with Crippen molar-refractivity contribution in [1.82, 2.24) is 5.32 Å². The van der Waals surface area contributed by atoms with Crippen molar-refractivity contribution in [2.45, 2.75) is 6.54 Å². The lowest BCUT2D eigenvalue weighted by molar-refractivity contribution is 0.0966. The minimum atomic E-state index is -0.0113. The van der Waals surface area contributed by atoms with Crippen molar-refractivity contribution in [3.05, 3.63) is 47.5 Å². The molecule has 1 aliphatic rings. The average molecular weight is 268 g/mol. The maximum atomic E-state index is 11.5. The zero-order chi connectivity index (χ0) is 14.1. The smallest absolute Gasteiger partial charge is 0.251 e. The fourth-order valence-electron chi connectivity index (χ4n) is 2.34. The van der Waals surface area contributed by atoms with Crippen molar-refractivity contribution in [3.8, 4) is 22.6 Å². The molecule has 0 fully saturated rings. The molecule has 0 saturated heterocycles. The van der Waals surface area contributed by atoms with Gasteiger partial charge in [-0.25, -0.2) is 0 Å². The second-order valence-electron chi connectivity index (χ2n) is 4.53. The van der Waals surface area contributed by atoms with E-state index in [9.17, 15) is 4.79 Å². The molecule has 1 radical (unpaired) electrons. The van der Waals surface area contributed by atoms with E-state index in [2.05, 4.69) is 11.4 Å². The van der Waals surface area contributed by atoms with Gasteiger partial charge in [-0.15, -0.1) is 0 Å². The SMILES string of the molecule is COc1[c]c(-c2ccc3c(c2)CNC3=O)ccc1OC. The lowest BCUT2D eigenvalue weighted by Crippen LogP contribution is -2.12. The monoisotopic (exact) mass is 268 g/mol. The van der Waals surface area contributed by atoms with Crippen molar-refractivity contribution < 1.29 is 14.3 Å². The predicted molar refractivity (Wildman–Crippen MR) is 75.0 cm³/mol. The molecule has 3 rings (SSSR count). The Hall–Kier alpha value is -2.49. The summed E-state index contributed by atoms with van der Waals surface area (Å²) in [4.78, 5) is 11.5. The van der Waals surface area contributed by atoms with Gasteiger partial charge in [0.25, 0.3) is 5.91 Å². The Labute approximate surface area is 117 Å². The van der Waals surface area contributed by atoms with Crippen molar-refractivity contribution >= 4 is 5.91 Å². The van der Waals surface area contributed by atoms with Gasteiger partial charge >= 0.3 is 0 Å². The van der Waals surface area contributed by atoms with Gasteiger partial charge in [0.05, 0.1) is 14.2 Å². The van der Waals surface area contributed by atoms with Crippen LogP contribution in [0.4, 0.5) is 0 Å². The van der Waals surface area contributed by atoms with Gasteiger partial charge in [0, 0.05) is 18.2 Å². The number of benzene rings is 2. The molecule has 1 amide bonds. The molecule has 4 nitrogen and oxygen atoms in total. The van der Waals surface area contributed by atoms with E-state index >= 15 is 0 Å². The highest BCUT2D eigenvalue weighted by Crippen LogP contribution is 2.32. The number of hydrogen-bond acceptors (Lipinski definition) is 3. The van der Waals surface area contributed by atoms with Crippen LogP contribution in [0.5, 0.6) is 11.5 Å². The van der Waals surface area contributed by atoms with E-state index in [1.807, 2.05) is 30.3 Å². The van der Waals surface area contributed by atoms with E-state index in [4.69, 9.17) is 9.47 Å². The van der Waals surface area contributed by atoms with Gasteiger partial charge in [-0.2, -0.15) is 0 Å². The van der Waals surface area contributed by atoms with Crippen LogP contribution in [0.1, 0.15) is 15.9 Å². The molecule has 0 spiro atoms. The van der Waals surface area contributed by atoms with Crippen molar-refractivity contribution in [3.63, 3.8) is 0 Å². The third kappa shape index (κ3) is 1.99. The van der Waals surface area contributed by atoms with Gasteiger partial charge in [0.2, 0.25) is 0 Å². The first kappa shape index (κ1) is 12.5. The fourth-order valence-corrected chi connectivity index (χ4v) is 2.34. The summed E-state index contributed by atoms with van der Waals surface area (Å²) < 4.78 is 10.5. The molecule has 1 heterocycles. The van der Waals surface area contributed by atoms with E-state index in [0.29, 0.717) is 18.0 Å². The van der Waals surface area contributed by atoms with E-state index < -0.39 is 0 Å². The molecular weight excluding hydrogens is 254 g/mol. The second-order valence-corrected chi connectivity index (χ2v) is 4.53. The lowest BCUT2D eigenvalue weighted by atomic mass is 10.00. The van der Waals surface area contributed by atoms with Crippen LogP contribution in [0.2, 0.25) is 0 Å². The summed E-state index contributed by atoms with van der Waals surface area (Å²) in [5.74, 6) is 1.21. The molecule has 0 bridgehead atoms. The number of amides is 1. The summed E-state index contributed by atoms with van der Waals surface area (Å²) in [5, 5.41) is 2.81. The number of carbonyl (C=O) groups excluding carboxylic acids is 1. The molecule has 1 aliphatic heterocycles. The quantitative estimate of drug-likeness (QED) is 0.930. The lowest BCUT2D eigenvalue weighted by Gasteiger charge is -2.09. The molecule has 2 aromatic carbocycles. The zero-order valence-electron chi connectivity index (χ0n) is 11.3. The summed E-state index contributed by atoms with van der Waals surface area (Å²) in [6.07, 6.45) is 0. The molecular formula is C16H14NO3. The molecule has 0 aromatic heterocycles. The van der Waals surface area contributed by atoms with Crippen LogP contribution in [-0.4, -0.2) is 20.1 Å². The predicted octanol–water partition coefficient (Wildman–Crippen LogP) is 2.41. The fraction of sp³-hybridized carbons (Fsp3) is 0.188. The Balaban J connectivity index is 2.03. The highest BCUT2D eigenvalue weighted by Gasteiger charge is 2.19. The molecule has 2 aromatic rings. The minimum absolute atomic E-state index is 0.0113. The number of rotatable bonds is 3. The summed E-state index contributed by atoms with van der Waals surface area (Å²) >= 11 is 0. The van der Waals surface area contributed by atoms with E-state index in [0.717, 1.165) is 22.3 Å². The third-order valence-electron chi connectivity index (χ3n) is 3.40. The number of nitrogens with one attached hydrogen (secondary N) is 1. The van der Waals surface area contributed by atoms with E-state index in [1.165, 1.54) is 0 Å². The van der Waals surface area contributed by atoms with Crippen LogP contribution >= 0.6 is 0 Å². The normalized spacial score (nSPS) is 12.8. The molecule has 0 atom stereocenters. The van der Waals surface area contributed by atoms with Crippen LogP contribution in [0.3, 0.4) is 0 Å².